The first-order valence-electron chi connectivity index (χ1n) is 8.49. The molecule has 1 N–H and O–H groups in total. The first-order chi connectivity index (χ1) is 12.1. The molecule has 1 aromatic carbocycles. The summed E-state index contributed by atoms with van der Waals surface area (Å²) in [6.07, 6.45) is -2.68. The number of halogens is 3. The summed E-state index contributed by atoms with van der Waals surface area (Å²) in [6.45, 7) is 3.59. The number of alkyl halides is 3. The highest BCUT2D eigenvalue weighted by molar-refractivity contribution is 5.80. The van der Waals surface area contributed by atoms with Crippen molar-refractivity contribution in [3.63, 3.8) is 0 Å². The first-order valence-corrected chi connectivity index (χ1v) is 8.49. The number of carboxylic acid groups (broad SMARTS) is 1. The predicted octanol–water partition coefficient (Wildman–Crippen LogP) is 2.99. The molecule has 26 heavy (non-hydrogen) atoms. The molecule has 5 nitrogen and oxygen atoms in total. The summed E-state index contributed by atoms with van der Waals surface area (Å²) in [5.41, 5.74) is -0.106. The highest BCUT2D eigenvalue weighted by Crippen LogP contribution is 2.31. The van der Waals surface area contributed by atoms with Crippen LogP contribution in [-0.2, 0) is 22.3 Å². The number of hydrogen-bond donors (Lipinski definition) is 1. The number of hydrogen-bond acceptors (Lipinski definition) is 3. The minimum absolute atomic E-state index is 0.0267. The number of amides is 1. The van der Waals surface area contributed by atoms with Crippen molar-refractivity contribution >= 4 is 11.9 Å². The van der Waals surface area contributed by atoms with Crippen LogP contribution in [0, 0.1) is 0 Å². The van der Waals surface area contributed by atoms with Gasteiger partial charge in [-0.2, -0.15) is 13.2 Å². The Morgan fingerprint density at radius 1 is 1.15 bits per heavy atom. The highest BCUT2D eigenvalue weighted by atomic mass is 19.4. The SMILES string of the molecule is CC(C)N(CC(=O)O)CC(=O)N(Cc1ccc(C(F)(F)F)cc1)C1CC1. The van der Waals surface area contributed by atoms with Crippen LogP contribution in [0.15, 0.2) is 24.3 Å². The number of carbonyl (C=O) groups is 2. The van der Waals surface area contributed by atoms with Gasteiger partial charge in [0.2, 0.25) is 5.91 Å². The van der Waals surface area contributed by atoms with Crippen molar-refractivity contribution in [3.8, 4) is 0 Å². The average molecular weight is 372 g/mol. The molecule has 0 unspecified atom stereocenters. The Hall–Kier alpha value is -2.09. The molecule has 1 saturated carbocycles. The van der Waals surface area contributed by atoms with Crippen LogP contribution in [-0.4, -0.2) is 52.0 Å². The van der Waals surface area contributed by atoms with Gasteiger partial charge >= 0.3 is 12.1 Å². The molecule has 1 aliphatic carbocycles. The van der Waals surface area contributed by atoms with Crippen LogP contribution in [0.1, 0.15) is 37.8 Å². The molecular weight excluding hydrogens is 349 g/mol. The Morgan fingerprint density at radius 3 is 2.15 bits per heavy atom. The van der Waals surface area contributed by atoms with Crippen molar-refractivity contribution in [2.45, 2.75) is 51.5 Å². The quantitative estimate of drug-likeness (QED) is 0.762. The molecular formula is C18H23F3N2O3. The maximum absolute atomic E-state index is 12.7. The Morgan fingerprint density at radius 2 is 1.73 bits per heavy atom. The summed E-state index contributed by atoms with van der Waals surface area (Å²) in [6, 6.07) is 4.74. The van der Waals surface area contributed by atoms with Gasteiger partial charge in [0.15, 0.2) is 0 Å². The molecule has 0 saturated heterocycles. The molecule has 0 radical (unpaired) electrons. The third kappa shape index (κ3) is 5.72. The lowest BCUT2D eigenvalue weighted by Crippen LogP contribution is -2.45. The number of aliphatic carboxylic acids is 1. The van der Waals surface area contributed by atoms with Crippen molar-refractivity contribution in [1.82, 2.24) is 9.80 Å². The molecule has 2 rings (SSSR count). The topological polar surface area (TPSA) is 60.9 Å². The number of nitrogens with zero attached hydrogens (tertiary/aromatic N) is 2. The summed E-state index contributed by atoms with van der Waals surface area (Å²) < 4.78 is 38.0. The number of benzene rings is 1. The van der Waals surface area contributed by atoms with E-state index in [0.717, 1.165) is 25.0 Å². The molecule has 1 aromatic rings. The van der Waals surface area contributed by atoms with E-state index in [2.05, 4.69) is 0 Å². The lowest BCUT2D eigenvalue weighted by molar-refractivity contribution is -0.141. The van der Waals surface area contributed by atoms with E-state index in [1.807, 2.05) is 13.8 Å². The molecule has 0 spiro atoms. The van der Waals surface area contributed by atoms with E-state index in [0.29, 0.717) is 5.56 Å². The Kier molecular flexibility index (Phi) is 6.28. The van der Waals surface area contributed by atoms with Crippen molar-refractivity contribution in [2.75, 3.05) is 13.1 Å². The third-order valence-electron chi connectivity index (χ3n) is 4.35. The number of rotatable bonds is 8. The lowest BCUT2D eigenvalue weighted by Gasteiger charge is -2.29. The molecule has 1 fully saturated rings. The van der Waals surface area contributed by atoms with Crippen molar-refractivity contribution in [1.29, 1.82) is 0 Å². The van der Waals surface area contributed by atoms with Crippen LogP contribution >= 0.6 is 0 Å². The van der Waals surface area contributed by atoms with E-state index < -0.39 is 17.7 Å². The zero-order valence-corrected chi connectivity index (χ0v) is 14.8. The monoisotopic (exact) mass is 372 g/mol. The van der Waals surface area contributed by atoms with Crippen molar-refractivity contribution in [2.24, 2.45) is 0 Å². The molecule has 1 amide bonds. The summed E-state index contributed by atoms with van der Waals surface area (Å²) in [7, 11) is 0. The molecule has 0 atom stereocenters. The second-order valence-electron chi connectivity index (χ2n) is 6.84. The standard InChI is InChI=1S/C18H23F3N2O3/c1-12(2)22(11-17(25)26)10-16(24)23(15-7-8-15)9-13-3-5-14(6-4-13)18(19,20)21/h3-6,12,15H,7-11H2,1-2H3,(H,25,26). The van der Waals surface area contributed by atoms with E-state index in [-0.39, 0.29) is 37.6 Å². The van der Waals surface area contributed by atoms with Gasteiger partial charge in [0.1, 0.15) is 0 Å². The second kappa shape index (κ2) is 8.07. The van der Waals surface area contributed by atoms with Gasteiger partial charge in [-0.1, -0.05) is 12.1 Å². The minimum Gasteiger partial charge on any atom is -0.480 e. The molecule has 1 aliphatic rings. The van der Waals surface area contributed by atoms with E-state index in [9.17, 15) is 22.8 Å². The average Bonchev–Trinajstić information content (AvgIpc) is 3.35. The minimum atomic E-state index is -4.39. The van der Waals surface area contributed by atoms with E-state index >= 15 is 0 Å². The van der Waals surface area contributed by atoms with Gasteiger partial charge in [-0.3, -0.25) is 14.5 Å². The summed E-state index contributed by atoms with van der Waals surface area (Å²) in [5.74, 6) is -1.21. The summed E-state index contributed by atoms with van der Waals surface area (Å²) in [4.78, 5) is 26.8. The Bertz CT molecular complexity index is 640. The molecule has 144 valence electrons. The third-order valence-corrected chi connectivity index (χ3v) is 4.35. The molecule has 8 heteroatoms. The van der Waals surface area contributed by atoms with Gasteiger partial charge in [0.25, 0.3) is 0 Å². The highest BCUT2D eigenvalue weighted by Gasteiger charge is 2.34. The zero-order valence-electron chi connectivity index (χ0n) is 14.8. The van der Waals surface area contributed by atoms with Crippen molar-refractivity contribution < 1.29 is 27.9 Å². The zero-order chi connectivity index (χ0) is 19.5. The predicted molar refractivity (Wildman–Crippen MR) is 89.4 cm³/mol. The first kappa shape index (κ1) is 20.2. The largest absolute Gasteiger partial charge is 0.480 e. The van der Waals surface area contributed by atoms with Crippen LogP contribution < -0.4 is 0 Å². The summed E-state index contributed by atoms with van der Waals surface area (Å²) in [5, 5.41) is 8.97. The normalized spacial score (nSPS) is 14.7. The van der Waals surface area contributed by atoms with Crippen LogP contribution in [0.3, 0.4) is 0 Å². The van der Waals surface area contributed by atoms with Gasteiger partial charge in [-0.05, 0) is 44.4 Å². The van der Waals surface area contributed by atoms with Crippen LogP contribution in [0.5, 0.6) is 0 Å². The smallest absolute Gasteiger partial charge is 0.416 e. The molecule has 0 aromatic heterocycles. The van der Waals surface area contributed by atoms with Gasteiger partial charge < -0.3 is 10.0 Å². The van der Waals surface area contributed by atoms with E-state index in [4.69, 9.17) is 5.11 Å². The van der Waals surface area contributed by atoms with Gasteiger partial charge in [0.05, 0.1) is 18.7 Å². The van der Waals surface area contributed by atoms with Gasteiger partial charge in [-0.15, -0.1) is 0 Å². The molecule has 0 bridgehead atoms. The van der Waals surface area contributed by atoms with Crippen LogP contribution in [0.2, 0.25) is 0 Å². The molecule has 0 heterocycles. The lowest BCUT2D eigenvalue weighted by atomic mass is 10.1. The summed E-state index contributed by atoms with van der Waals surface area (Å²) >= 11 is 0. The van der Waals surface area contributed by atoms with E-state index in [1.165, 1.54) is 12.1 Å². The maximum Gasteiger partial charge on any atom is 0.416 e. The Labute approximate surface area is 150 Å². The molecule has 0 aliphatic heterocycles. The fourth-order valence-electron chi connectivity index (χ4n) is 2.66. The Balaban J connectivity index is 2.06. The van der Waals surface area contributed by atoms with E-state index in [1.54, 1.807) is 9.80 Å². The number of carboxylic acids is 1. The van der Waals surface area contributed by atoms with Crippen molar-refractivity contribution in [3.05, 3.63) is 35.4 Å². The maximum atomic E-state index is 12.7. The second-order valence-corrected chi connectivity index (χ2v) is 6.84. The number of carbonyl (C=O) groups excluding carboxylic acids is 1. The van der Waals surface area contributed by atoms with Gasteiger partial charge in [0, 0.05) is 18.6 Å². The van der Waals surface area contributed by atoms with Crippen LogP contribution in [0.4, 0.5) is 13.2 Å². The fraction of sp³-hybridized carbons (Fsp3) is 0.556. The van der Waals surface area contributed by atoms with Crippen LogP contribution in [0.25, 0.3) is 0 Å². The van der Waals surface area contributed by atoms with Gasteiger partial charge in [-0.25, -0.2) is 0 Å². The fourth-order valence-corrected chi connectivity index (χ4v) is 2.66.